The smallest absolute Gasteiger partial charge is 0.426 e. The zero-order valence-corrected chi connectivity index (χ0v) is 16.6. The highest BCUT2D eigenvalue weighted by molar-refractivity contribution is 7.85. The Labute approximate surface area is 167 Å². The molecule has 0 fully saturated rings. The molecule has 0 saturated heterocycles. The van der Waals surface area contributed by atoms with Gasteiger partial charge in [-0.15, -0.1) is 0 Å². The Hall–Kier alpha value is -2.08. The summed E-state index contributed by atoms with van der Waals surface area (Å²) >= 11 is 0. The minimum absolute atomic E-state index is 0.124. The van der Waals surface area contributed by atoms with E-state index in [1.165, 1.54) is 5.56 Å². The molecule has 1 atom stereocenters. The Balaban J connectivity index is 2.32. The first-order valence-electron chi connectivity index (χ1n) is 8.85. The van der Waals surface area contributed by atoms with Crippen LogP contribution in [0.3, 0.4) is 0 Å². The molecule has 0 radical (unpaired) electrons. The topological polar surface area (TPSA) is 107 Å². The maximum absolute atomic E-state index is 12.7. The van der Waals surface area contributed by atoms with Crippen molar-refractivity contribution in [1.82, 2.24) is 0 Å². The van der Waals surface area contributed by atoms with Crippen LogP contribution in [0.2, 0.25) is 0 Å². The number of benzene rings is 1. The maximum atomic E-state index is 12.7. The van der Waals surface area contributed by atoms with Crippen LogP contribution in [-0.2, 0) is 41.9 Å². The number of rotatable bonds is 11. The molecule has 1 aromatic rings. The Kier molecular flexibility index (Phi) is 9.64. The van der Waals surface area contributed by atoms with E-state index < -0.39 is 46.5 Å². The third-order valence-corrected chi connectivity index (χ3v) is 4.57. The molecule has 0 amide bonds. The number of esters is 2. The molecule has 0 aliphatic rings. The number of alkyl halides is 3. The van der Waals surface area contributed by atoms with Gasteiger partial charge in [0.15, 0.2) is 0 Å². The summed E-state index contributed by atoms with van der Waals surface area (Å²) < 4.78 is 76.8. The molecule has 162 valence electrons. The zero-order chi connectivity index (χ0) is 22.1. The molecule has 0 spiro atoms. The maximum Gasteiger partial charge on any atom is 0.426 e. The quantitative estimate of drug-likeness (QED) is 0.317. The highest BCUT2D eigenvalue weighted by Crippen LogP contribution is 2.24. The molecule has 29 heavy (non-hydrogen) atoms. The standard InChI is InChI=1S/C17H22BF3O7S/c18-10-13-6-4-12(5-7-13)8-9-27-15(22)2-1-3-16(23)28-14(17(19,20)21)11-29(24,25)26/h4-7,14H,1-3,8-11,18H2,(H,24,25,26). The van der Waals surface area contributed by atoms with Crippen molar-refractivity contribution in [2.45, 2.75) is 44.3 Å². The fourth-order valence-corrected chi connectivity index (χ4v) is 2.92. The summed E-state index contributed by atoms with van der Waals surface area (Å²) in [5, 5.41) is 0. The molecule has 1 unspecified atom stereocenters. The zero-order valence-electron chi connectivity index (χ0n) is 15.8. The molecule has 0 aliphatic carbocycles. The molecule has 0 aromatic heterocycles. The van der Waals surface area contributed by atoms with Gasteiger partial charge in [0.05, 0.1) is 6.61 Å². The van der Waals surface area contributed by atoms with Crippen LogP contribution < -0.4 is 0 Å². The Morgan fingerprint density at radius 1 is 1.07 bits per heavy atom. The van der Waals surface area contributed by atoms with Gasteiger partial charge in [0, 0.05) is 19.3 Å². The van der Waals surface area contributed by atoms with Crippen LogP contribution in [0.5, 0.6) is 0 Å². The molecule has 0 heterocycles. The normalized spacial score (nSPS) is 13.0. The molecule has 1 rings (SSSR count). The van der Waals surface area contributed by atoms with Gasteiger partial charge in [0.1, 0.15) is 13.6 Å². The van der Waals surface area contributed by atoms with E-state index in [1.54, 1.807) is 0 Å². The van der Waals surface area contributed by atoms with Crippen molar-refractivity contribution in [2.75, 3.05) is 12.4 Å². The SMILES string of the molecule is BCc1ccc(CCOC(=O)CCCC(=O)OC(CS(=O)(=O)O)C(F)(F)F)cc1. The van der Waals surface area contributed by atoms with Gasteiger partial charge in [0.2, 0.25) is 6.10 Å². The third-order valence-electron chi connectivity index (χ3n) is 3.85. The predicted octanol–water partition coefficient (Wildman–Crippen LogP) is 1.44. The van der Waals surface area contributed by atoms with Gasteiger partial charge in [-0.05, 0) is 12.0 Å². The molecule has 0 bridgehead atoms. The van der Waals surface area contributed by atoms with Crippen molar-refractivity contribution in [2.24, 2.45) is 0 Å². The van der Waals surface area contributed by atoms with Crippen molar-refractivity contribution < 1.29 is 45.2 Å². The fraction of sp³-hybridized carbons (Fsp3) is 0.529. The average Bonchev–Trinajstić information content (AvgIpc) is 2.60. The van der Waals surface area contributed by atoms with Gasteiger partial charge < -0.3 is 9.47 Å². The highest BCUT2D eigenvalue weighted by atomic mass is 32.2. The van der Waals surface area contributed by atoms with Gasteiger partial charge in [0.25, 0.3) is 10.1 Å². The fourth-order valence-electron chi connectivity index (χ4n) is 2.28. The van der Waals surface area contributed by atoms with Crippen LogP contribution in [0, 0.1) is 0 Å². The van der Waals surface area contributed by atoms with Gasteiger partial charge in [-0.1, -0.05) is 36.1 Å². The second-order valence-electron chi connectivity index (χ2n) is 6.26. The number of carbonyl (C=O) groups is 2. The number of halogens is 3. The molecule has 0 aliphatic heterocycles. The van der Waals surface area contributed by atoms with Gasteiger partial charge in [-0.25, -0.2) is 0 Å². The monoisotopic (exact) mass is 438 g/mol. The summed E-state index contributed by atoms with van der Waals surface area (Å²) in [6.45, 7) is 0.124. The summed E-state index contributed by atoms with van der Waals surface area (Å²) in [7, 11) is -2.96. The van der Waals surface area contributed by atoms with E-state index in [9.17, 15) is 31.2 Å². The first-order valence-corrected chi connectivity index (χ1v) is 10.5. The summed E-state index contributed by atoms with van der Waals surface area (Å²) in [6.07, 6.45) is -7.59. The molecule has 1 aromatic carbocycles. The second kappa shape index (κ2) is 11.2. The largest absolute Gasteiger partial charge is 0.465 e. The lowest BCUT2D eigenvalue weighted by atomic mass is 9.96. The number of hydrogen-bond acceptors (Lipinski definition) is 6. The summed E-state index contributed by atoms with van der Waals surface area (Å²) in [6, 6.07) is 7.79. The van der Waals surface area contributed by atoms with E-state index >= 15 is 0 Å². The van der Waals surface area contributed by atoms with Crippen LogP contribution in [0.1, 0.15) is 30.4 Å². The first kappa shape index (κ1) is 25.0. The van der Waals surface area contributed by atoms with Crippen LogP contribution in [0.25, 0.3) is 0 Å². The number of hydrogen-bond donors (Lipinski definition) is 1. The lowest BCUT2D eigenvalue weighted by Gasteiger charge is -2.19. The van der Waals surface area contributed by atoms with E-state index in [1.807, 2.05) is 32.1 Å². The second-order valence-corrected chi connectivity index (χ2v) is 7.76. The molecular formula is C17H22BF3O7S. The average molecular weight is 438 g/mol. The summed E-state index contributed by atoms with van der Waals surface area (Å²) in [5.74, 6) is -3.74. The molecular weight excluding hydrogens is 416 g/mol. The highest BCUT2D eigenvalue weighted by Gasteiger charge is 2.45. The van der Waals surface area contributed by atoms with E-state index in [2.05, 4.69) is 4.74 Å². The Morgan fingerprint density at radius 3 is 2.14 bits per heavy atom. The summed E-state index contributed by atoms with van der Waals surface area (Å²) in [4.78, 5) is 23.1. The Bertz CT molecular complexity index is 779. The minimum Gasteiger partial charge on any atom is -0.465 e. The summed E-state index contributed by atoms with van der Waals surface area (Å²) in [5.41, 5.74) is 2.16. The number of ether oxygens (including phenoxy) is 2. The molecule has 12 heteroatoms. The molecule has 7 nitrogen and oxygen atoms in total. The Morgan fingerprint density at radius 2 is 1.62 bits per heavy atom. The van der Waals surface area contributed by atoms with Crippen molar-refractivity contribution in [3.05, 3.63) is 35.4 Å². The van der Waals surface area contributed by atoms with Gasteiger partial charge in [-0.3, -0.25) is 14.1 Å². The lowest BCUT2D eigenvalue weighted by molar-refractivity contribution is -0.215. The van der Waals surface area contributed by atoms with Crippen LogP contribution in [0.15, 0.2) is 24.3 Å². The lowest BCUT2D eigenvalue weighted by Crippen LogP contribution is -2.39. The van der Waals surface area contributed by atoms with E-state index in [-0.39, 0.29) is 19.4 Å². The van der Waals surface area contributed by atoms with Crippen molar-refractivity contribution in [3.63, 3.8) is 0 Å². The van der Waals surface area contributed by atoms with Crippen molar-refractivity contribution >= 4 is 29.9 Å². The molecule has 1 N–H and O–H groups in total. The third kappa shape index (κ3) is 10.9. The number of carbonyl (C=O) groups excluding carboxylic acids is 2. The van der Waals surface area contributed by atoms with Gasteiger partial charge >= 0.3 is 18.1 Å². The van der Waals surface area contributed by atoms with Gasteiger partial charge in [-0.2, -0.15) is 21.6 Å². The van der Waals surface area contributed by atoms with E-state index in [4.69, 9.17) is 9.29 Å². The van der Waals surface area contributed by atoms with Crippen LogP contribution in [-0.4, -0.2) is 57.4 Å². The first-order chi connectivity index (χ1) is 13.4. The molecule has 0 saturated carbocycles. The van der Waals surface area contributed by atoms with Crippen molar-refractivity contribution in [1.29, 1.82) is 0 Å². The van der Waals surface area contributed by atoms with Crippen LogP contribution >= 0.6 is 0 Å². The predicted molar refractivity (Wildman–Crippen MR) is 99.6 cm³/mol. The van der Waals surface area contributed by atoms with Crippen LogP contribution in [0.4, 0.5) is 13.2 Å². The minimum atomic E-state index is -5.15. The van der Waals surface area contributed by atoms with E-state index in [0.29, 0.717) is 6.42 Å². The van der Waals surface area contributed by atoms with Crippen molar-refractivity contribution in [3.8, 4) is 0 Å². The van der Waals surface area contributed by atoms with E-state index in [0.717, 1.165) is 11.9 Å².